The smallest absolute Gasteiger partial charge is 0.141 e. The van der Waals surface area contributed by atoms with Gasteiger partial charge in [0.25, 0.3) is 0 Å². The van der Waals surface area contributed by atoms with Crippen LogP contribution in [0.2, 0.25) is 0 Å². The molecular weight excluding hydrogens is 182 g/mol. The third-order valence-corrected chi connectivity index (χ3v) is 2.15. The zero-order valence-electron chi connectivity index (χ0n) is 6.33. The first-order valence-corrected chi connectivity index (χ1v) is 5.23. The minimum atomic E-state index is 0.439. The molecule has 0 amide bonds. The fraction of sp³-hybridized carbons (Fsp3) is 0.667. The summed E-state index contributed by atoms with van der Waals surface area (Å²) in [5, 5.41) is 4.03. The number of nitrogens with zero attached hydrogens (tertiary/aromatic N) is 3. The minimum Gasteiger partial charge on any atom is -0.248 e. The van der Waals surface area contributed by atoms with Gasteiger partial charge in [-0.05, 0) is 6.26 Å². The molecule has 0 bridgehead atoms. The van der Waals surface area contributed by atoms with Gasteiger partial charge in [-0.15, -0.1) is 11.6 Å². The molecule has 0 N–H and O–H groups in total. The van der Waals surface area contributed by atoms with Gasteiger partial charge < -0.3 is 0 Å². The fourth-order valence-corrected chi connectivity index (χ4v) is 1.32. The maximum atomic E-state index is 5.62. The first kappa shape index (κ1) is 8.87. The number of rotatable bonds is 4. The van der Waals surface area contributed by atoms with E-state index in [2.05, 4.69) is 16.3 Å². The summed E-state index contributed by atoms with van der Waals surface area (Å²) in [6.07, 6.45) is 3.61. The van der Waals surface area contributed by atoms with Crippen LogP contribution in [0.25, 0.3) is 0 Å². The van der Waals surface area contributed by atoms with E-state index < -0.39 is 0 Å². The number of halogens is 1. The van der Waals surface area contributed by atoms with Crippen molar-refractivity contribution in [1.29, 1.82) is 0 Å². The molecule has 1 rings (SSSR count). The van der Waals surface area contributed by atoms with Gasteiger partial charge in [-0.1, -0.05) is 0 Å². The van der Waals surface area contributed by atoms with E-state index in [1.807, 2.05) is 4.68 Å². The molecule has 0 saturated heterocycles. The van der Waals surface area contributed by atoms with Crippen LogP contribution in [0.3, 0.4) is 0 Å². The van der Waals surface area contributed by atoms with Crippen molar-refractivity contribution in [3.05, 3.63) is 12.2 Å². The van der Waals surface area contributed by atoms with Gasteiger partial charge in [-0.25, -0.2) is 9.67 Å². The normalized spacial score (nSPS) is 10.4. The van der Waals surface area contributed by atoms with E-state index in [1.165, 1.54) is 6.33 Å². The van der Waals surface area contributed by atoms with Gasteiger partial charge in [-0.2, -0.15) is 16.9 Å². The van der Waals surface area contributed by atoms with E-state index in [9.17, 15) is 0 Å². The molecule has 62 valence electrons. The third kappa shape index (κ3) is 2.38. The summed E-state index contributed by atoms with van der Waals surface area (Å²) in [5.41, 5.74) is 0. The van der Waals surface area contributed by atoms with Crippen LogP contribution in [0.4, 0.5) is 0 Å². The molecule has 0 radical (unpaired) electrons. The summed E-state index contributed by atoms with van der Waals surface area (Å²) in [6.45, 7) is 0.892. The molecule has 1 aromatic rings. The minimum absolute atomic E-state index is 0.439. The van der Waals surface area contributed by atoms with Gasteiger partial charge in [0.15, 0.2) is 0 Å². The number of alkyl halides is 1. The lowest BCUT2D eigenvalue weighted by atomic mass is 10.6. The quantitative estimate of drug-likeness (QED) is 0.674. The Labute approximate surface area is 75.1 Å². The predicted octanol–water partition coefficient (Wildman–Crippen LogP) is 1.38. The van der Waals surface area contributed by atoms with E-state index in [1.54, 1.807) is 11.8 Å². The Hall–Kier alpha value is -0.220. The summed E-state index contributed by atoms with van der Waals surface area (Å²) in [6, 6.07) is 0. The Balaban J connectivity index is 2.54. The summed E-state index contributed by atoms with van der Waals surface area (Å²) in [7, 11) is 0. The number of aromatic nitrogens is 3. The van der Waals surface area contributed by atoms with Crippen molar-refractivity contribution in [2.45, 2.75) is 12.4 Å². The highest BCUT2D eigenvalue weighted by Gasteiger charge is 2.00. The van der Waals surface area contributed by atoms with Crippen LogP contribution < -0.4 is 0 Å². The average Bonchev–Trinajstić information content (AvgIpc) is 2.47. The highest BCUT2D eigenvalue weighted by Crippen LogP contribution is 2.00. The van der Waals surface area contributed by atoms with Crippen molar-refractivity contribution < 1.29 is 0 Å². The third-order valence-electron chi connectivity index (χ3n) is 1.32. The fourth-order valence-electron chi connectivity index (χ4n) is 0.756. The van der Waals surface area contributed by atoms with E-state index in [0.29, 0.717) is 5.88 Å². The Bertz CT molecular complexity index is 213. The van der Waals surface area contributed by atoms with Crippen LogP contribution in [0.15, 0.2) is 6.33 Å². The van der Waals surface area contributed by atoms with Crippen LogP contribution in [0.5, 0.6) is 0 Å². The highest BCUT2D eigenvalue weighted by atomic mass is 35.5. The van der Waals surface area contributed by atoms with E-state index in [4.69, 9.17) is 11.6 Å². The SMILES string of the molecule is CSCCn1ncnc1CCl. The Morgan fingerprint density at radius 1 is 1.73 bits per heavy atom. The zero-order chi connectivity index (χ0) is 8.10. The summed E-state index contributed by atoms with van der Waals surface area (Å²) < 4.78 is 1.84. The van der Waals surface area contributed by atoms with Crippen LogP contribution in [-0.4, -0.2) is 26.8 Å². The second kappa shape index (κ2) is 4.62. The molecule has 3 nitrogen and oxygen atoms in total. The predicted molar refractivity (Wildman–Crippen MR) is 48.0 cm³/mol. The summed E-state index contributed by atoms with van der Waals surface area (Å²) in [4.78, 5) is 4.00. The van der Waals surface area contributed by atoms with Crippen molar-refractivity contribution in [2.24, 2.45) is 0 Å². The molecule has 0 spiro atoms. The van der Waals surface area contributed by atoms with E-state index >= 15 is 0 Å². The van der Waals surface area contributed by atoms with Crippen molar-refractivity contribution in [3.8, 4) is 0 Å². The molecule has 0 aliphatic carbocycles. The van der Waals surface area contributed by atoms with Gasteiger partial charge in [0.05, 0.1) is 12.4 Å². The molecular formula is C6H10ClN3S. The topological polar surface area (TPSA) is 30.7 Å². The summed E-state index contributed by atoms with van der Waals surface area (Å²) in [5.74, 6) is 2.34. The van der Waals surface area contributed by atoms with E-state index in [0.717, 1.165) is 18.1 Å². The van der Waals surface area contributed by atoms with Crippen LogP contribution in [0.1, 0.15) is 5.82 Å². The van der Waals surface area contributed by atoms with Crippen molar-refractivity contribution >= 4 is 23.4 Å². The monoisotopic (exact) mass is 191 g/mol. The standard InChI is InChI=1S/C6H10ClN3S/c1-11-3-2-10-6(4-7)8-5-9-10/h5H,2-4H2,1H3. The molecule has 0 unspecified atom stereocenters. The Morgan fingerprint density at radius 3 is 3.18 bits per heavy atom. The van der Waals surface area contributed by atoms with Crippen molar-refractivity contribution in [1.82, 2.24) is 14.8 Å². The number of hydrogen-bond donors (Lipinski definition) is 0. The maximum Gasteiger partial charge on any atom is 0.141 e. The van der Waals surface area contributed by atoms with Crippen LogP contribution in [0, 0.1) is 0 Å². The van der Waals surface area contributed by atoms with Gasteiger partial charge in [0.2, 0.25) is 0 Å². The van der Waals surface area contributed by atoms with E-state index in [-0.39, 0.29) is 0 Å². The molecule has 0 saturated carbocycles. The second-order valence-electron chi connectivity index (χ2n) is 2.03. The largest absolute Gasteiger partial charge is 0.248 e. The maximum absolute atomic E-state index is 5.62. The molecule has 0 aliphatic heterocycles. The first-order valence-electron chi connectivity index (χ1n) is 3.30. The Morgan fingerprint density at radius 2 is 2.55 bits per heavy atom. The van der Waals surface area contributed by atoms with Gasteiger partial charge in [0, 0.05) is 5.75 Å². The van der Waals surface area contributed by atoms with Gasteiger partial charge >= 0.3 is 0 Å². The summed E-state index contributed by atoms with van der Waals surface area (Å²) >= 11 is 7.41. The molecule has 11 heavy (non-hydrogen) atoms. The second-order valence-corrected chi connectivity index (χ2v) is 3.28. The van der Waals surface area contributed by atoms with Crippen LogP contribution in [-0.2, 0) is 12.4 Å². The molecule has 0 aromatic carbocycles. The average molecular weight is 192 g/mol. The van der Waals surface area contributed by atoms with Gasteiger partial charge in [-0.3, -0.25) is 0 Å². The van der Waals surface area contributed by atoms with Gasteiger partial charge in [0.1, 0.15) is 12.2 Å². The zero-order valence-corrected chi connectivity index (χ0v) is 7.90. The van der Waals surface area contributed by atoms with Crippen LogP contribution >= 0.6 is 23.4 Å². The number of aryl methyl sites for hydroxylation is 1. The first-order chi connectivity index (χ1) is 5.38. The van der Waals surface area contributed by atoms with Crippen molar-refractivity contribution in [2.75, 3.05) is 12.0 Å². The highest BCUT2D eigenvalue weighted by molar-refractivity contribution is 7.98. The molecule has 0 aliphatic rings. The lowest BCUT2D eigenvalue weighted by molar-refractivity contribution is 0.638. The molecule has 5 heteroatoms. The lowest BCUT2D eigenvalue weighted by Gasteiger charge is -2.00. The number of thioether (sulfide) groups is 1. The molecule has 0 fully saturated rings. The van der Waals surface area contributed by atoms with Crippen molar-refractivity contribution in [3.63, 3.8) is 0 Å². The molecule has 1 aromatic heterocycles. The lowest BCUT2D eigenvalue weighted by Crippen LogP contribution is -2.05. The Kier molecular flexibility index (Phi) is 3.72. The molecule has 1 heterocycles. The molecule has 0 atom stereocenters. The number of hydrogen-bond acceptors (Lipinski definition) is 3.